The molecule has 0 aromatic heterocycles. The van der Waals surface area contributed by atoms with Crippen LogP contribution in [0.5, 0.6) is 5.75 Å². The summed E-state index contributed by atoms with van der Waals surface area (Å²) in [6.45, 7) is 3.35. The highest BCUT2D eigenvalue weighted by Crippen LogP contribution is 2.40. The molecule has 0 saturated carbocycles. The Morgan fingerprint density at radius 3 is 2.42 bits per heavy atom. The molecule has 1 aliphatic rings. The minimum Gasteiger partial charge on any atom is -0.496 e. The van der Waals surface area contributed by atoms with E-state index in [1.54, 1.807) is 46.2 Å². The fraction of sp³-hybridized carbons (Fsp3) is 0.273. The zero-order chi connectivity index (χ0) is 22.5. The molecule has 1 fully saturated rings. The van der Waals surface area contributed by atoms with Crippen LogP contribution in [-0.2, 0) is 9.59 Å². The lowest BCUT2D eigenvalue weighted by Crippen LogP contribution is -2.49. The minimum atomic E-state index is -0.476. The summed E-state index contributed by atoms with van der Waals surface area (Å²) in [6, 6.07) is 9.53. The smallest absolute Gasteiger partial charge is 0.277 e. The monoisotopic (exact) mass is 443 g/mol. The summed E-state index contributed by atoms with van der Waals surface area (Å²) < 4.78 is 5.38. The zero-order valence-corrected chi connectivity index (χ0v) is 18.0. The average molecular weight is 444 g/mol. The second-order valence-electron chi connectivity index (χ2n) is 7.01. The minimum absolute atomic E-state index is 0.0145. The Labute approximate surface area is 184 Å². The van der Waals surface area contributed by atoms with Gasteiger partial charge in [0.05, 0.1) is 17.6 Å². The van der Waals surface area contributed by atoms with Gasteiger partial charge in [-0.3, -0.25) is 19.7 Å². The van der Waals surface area contributed by atoms with Gasteiger partial charge in [-0.2, -0.15) is 0 Å². The molecule has 0 unspecified atom stereocenters. The van der Waals surface area contributed by atoms with E-state index >= 15 is 0 Å². The van der Waals surface area contributed by atoms with Crippen molar-refractivity contribution in [3.8, 4) is 16.9 Å². The van der Waals surface area contributed by atoms with Crippen LogP contribution in [0.2, 0.25) is 5.02 Å². The molecule has 9 heteroatoms. The topological polar surface area (TPSA) is 93.0 Å². The Morgan fingerprint density at radius 2 is 1.81 bits per heavy atom. The standard InChI is InChI=1S/C22H22ClN3O5/c1-15(27)24-10-12-25(13-11-24)21(28)9-6-16-4-3-5-19(26(29)30)22(16)18-14-17(23)7-8-20(18)31-2/h3-9,14H,10-13H2,1-2H3/b9-6+. The number of carbonyl (C=O) groups excluding carboxylic acids is 2. The molecular weight excluding hydrogens is 422 g/mol. The van der Waals surface area contributed by atoms with Gasteiger partial charge in [0.25, 0.3) is 5.69 Å². The first kappa shape index (κ1) is 22.3. The number of nitro groups is 1. The van der Waals surface area contributed by atoms with Crippen molar-refractivity contribution in [3.05, 3.63) is 63.2 Å². The van der Waals surface area contributed by atoms with E-state index in [2.05, 4.69) is 0 Å². The Kier molecular flexibility index (Phi) is 6.91. The van der Waals surface area contributed by atoms with Crippen LogP contribution in [0.15, 0.2) is 42.5 Å². The maximum Gasteiger partial charge on any atom is 0.277 e. The van der Waals surface area contributed by atoms with Crippen LogP contribution in [0.1, 0.15) is 12.5 Å². The molecule has 2 amide bonds. The van der Waals surface area contributed by atoms with Gasteiger partial charge in [0.2, 0.25) is 11.8 Å². The van der Waals surface area contributed by atoms with E-state index in [4.69, 9.17) is 16.3 Å². The number of hydrogen-bond donors (Lipinski definition) is 0. The van der Waals surface area contributed by atoms with E-state index in [1.165, 1.54) is 26.2 Å². The van der Waals surface area contributed by atoms with Crippen LogP contribution in [0.25, 0.3) is 17.2 Å². The van der Waals surface area contributed by atoms with Crippen molar-refractivity contribution in [1.82, 2.24) is 9.80 Å². The predicted molar refractivity (Wildman–Crippen MR) is 118 cm³/mol. The van der Waals surface area contributed by atoms with Crippen molar-refractivity contribution in [2.24, 2.45) is 0 Å². The van der Waals surface area contributed by atoms with Crippen LogP contribution < -0.4 is 4.74 Å². The Morgan fingerprint density at radius 1 is 1.13 bits per heavy atom. The number of hydrogen-bond acceptors (Lipinski definition) is 5. The lowest BCUT2D eigenvalue weighted by molar-refractivity contribution is -0.384. The molecule has 2 aromatic rings. The van der Waals surface area contributed by atoms with E-state index in [1.807, 2.05) is 0 Å². The number of ether oxygens (including phenoxy) is 1. The van der Waals surface area contributed by atoms with Crippen LogP contribution in [0.3, 0.4) is 0 Å². The van der Waals surface area contributed by atoms with Crippen molar-refractivity contribution in [3.63, 3.8) is 0 Å². The maximum absolute atomic E-state index is 12.6. The lowest BCUT2D eigenvalue weighted by Gasteiger charge is -2.33. The molecule has 0 bridgehead atoms. The molecule has 0 N–H and O–H groups in total. The molecule has 1 aliphatic heterocycles. The highest BCUT2D eigenvalue weighted by molar-refractivity contribution is 6.31. The third kappa shape index (κ3) is 5.03. The van der Waals surface area contributed by atoms with Crippen LogP contribution in [0.4, 0.5) is 5.69 Å². The first-order valence-electron chi connectivity index (χ1n) is 9.65. The number of nitro benzene ring substituents is 1. The number of nitrogens with zero attached hydrogens (tertiary/aromatic N) is 3. The van der Waals surface area contributed by atoms with Crippen LogP contribution in [0, 0.1) is 10.1 Å². The normalized spacial score (nSPS) is 14.0. The number of carbonyl (C=O) groups is 2. The summed E-state index contributed by atoms with van der Waals surface area (Å²) in [5.41, 5.74) is 1.15. The van der Waals surface area contributed by atoms with Gasteiger partial charge in [0.1, 0.15) is 5.75 Å². The molecule has 0 atom stereocenters. The molecule has 31 heavy (non-hydrogen) atoms. The highest BCUT2D eigenvalue weighted by Gasteiger charge is 2.23. The van der Waals surface area contributed by atoms with Gasteiger partial charge in [-0.15, -0.1) is 0 Å². The van der Waals surface area contributed by atoms with E-state index in [-0.39, 0.29) is 17.5 Å². The summed E-state index contributed by atoms with van der Waals surface area (Å²) >= 11 is 6.14. The van der Waals surface area contributed by atoms with Gasteiger partial charge in [0.15, 0.2) is 0 Å². The third-order valence-corrected chi connectivity index (χ3v) is 5.38. The zero-order valence-electron chi connectivity index (χ0n) is 17.2. The average Bonchev–Trinajstić information content (AvgIpc) is 2.77. The highest BCUT2D eigenvalue weighted by atomic mass is 35.5. The van der Waals surface area contributed by atoms with Crippen molar-refractivity contribution < 1.29 is 19.2 Å². The van der Waals surface area contributed by atoms with E-state index in [0.717, 1.165) is 0 Å². The van der Waals surface area contributed by atoms with Crippen LogP contribution >= 0.6 is 11.6 Å². The van der Waals surface area contributed by atoms with Crippen molar-refractivity contribution in [1.29, 1.82) is 0 Å². The largest absolute Gasteiger partial charge is 0.496 e. The van der Waals surface area contributed by atoms with E-state index in [0.29, 0.717) is 53.6 Å². The molecule has 162 valence electrons. The number of rotatable bonds is 5. The van der Waals surface area contributed by atoms with Gasteiger partial charge in [-0.25, -0.2) is 0 Å². The molecule has 0 spiro atoms. The summed E-state index contributed by atoms with van der Waals surface area (Å²) in [4.78, 5) is 38.7. The van der Waals surface area contributed by atoms with Gasteiger partial charge in [-0.05, 0) is 29.8 Å². The number of benzene rings is 2. The molecule has 3 rings (SSSR count). The quantitative estimate of drug-likeness (QED) is 0.399. The third-order valence-electron chi connectivity index (χ3n) is 5.14. The number of amides is 2. The van der Waals surface area contributed by atoms with E-state index < -0.39 is 4.92 Å². The van der Waals surface area contributed by atoms with Crippen molar-refractivity contribution in [2.45, 2.75) is 6.92 Å². The summed E-state index contributed by atoms with van der Waals surface area (Å²) in [5.74, 6) is 0.193. The number of halogens is 1. The summed E-state index contributed by atoms with van der Waals surface area (Å²) in [5, 5.41) is 12.1. The fourth-order valence-corrected chi connectivity index (χ4v) is 3.70. The predicted octanol–water partition coefficient (Wildman–Crippen LogP) is 3.63. The Balaban J connectivity index is 1.95. The van der Waals surface area contributed by atoms with Crippen molar-refractivity contribution >= 4 is 35.2 Å². The first-order valence-corrected chi connectivity index (χ1v) is 10.0. The molecule has 1 saturated heterocycles. The number of piperazine rings is 1. The SMILES string of the molecule is COc1ccc(Cl)cc1-c1c(/C=C/C(=O)N2CCN(C(C)=O)CC2)cccc1[N+](=O)[O-]. The van der Waals surface area contributed by atoms with Gasteiger partial charge in [0, 0.05) is 55.8 Å². The molecule has 0 radical (unpaired) electrons. The lowest BCUT2D eigenvalue weighted by atomic mass is 9.96. The number of methoxy groups -OCH3 is 1. The molecule has 8 nitrogen and oxygen atoms in total. The Bertz CT molecular complexity index is 1050. The van der Waals surface area contributed by atoms with Gasteiger partial charge in [-0.1, -0.05) is 23.7 Å². The molecule has 0 aliphatic carbocycles. The summed E-state index contributed by atoms with van der Waals surface area (Å²) in [6.07, 6.45) is 2.95. The van der Waals surface area contributed by atoms with Gasteiger partial charge < -0.3 is 14.5 Å². The molecule has 2 aromatic carbocycles. The van der Waals surface area contributed by atoms with Gasteiger partial charge >= 0.3 is 0 Å². The second-order valence-corrected chi connectivity index (χ2v) is 7.44. The van der Waals surface area contributed by atoms with E-state index in [9.17, 15) is 19.7 Å². The first-order chi connectivity index (χ1) is 14.8. The summed E-state index contributed by atoms with van der Waals surface area (Å²) in [7, 11) is 1.47. The maximum atomic E-state index is 12.6. The van der Waals surface area contributed by atoms with Crippen LogP contribution in [-0.4, -0.2) is 59.8 Å². The Hall–Kier alpha value is -3.39. The fourth-order valence-electron chi connectivity index (χ4n) is 3.53. The second kappa shape index (κ2) is 9.61. The van der Waals surface area contributed by atoms with Crippen molar-refractivity contribution in [2.75, 3.05) is 33.3 Å². The molecule has 1 heterocycles. The molecular formula is C22H22ClN3O5.